The molecule has 0 radical (unpaired) electrons. The van der Waals surface area contributed by atoms with Gasteiger partial charge in [0.25, 0.3) is 10.0 Å². The summed E-state index contributed by atoms with van der Waals surface area (Å²) in [6.07, 6.45) is -3.04. The predicted octanol–water partition coefficient (Wildman–Crippen LogP) is 2.56. The van der Waals surface area contributed by atoms with E-state index in [2.05, 4.69) is 0 Å². The molecule has 2 aromatic rings. The highest BCUT2D eigenvalue weighted by atomic mass is 32.2. The van der Waals surface area contributed by atoms with Gasteiger partial charge in [0.05, 0.1) is 16.2 Å². The van der Waals surface area contributed by atoms with Crippen LogP contribution in [0.5, 0.6) is 0 Å². The Morgan fingerprint density at radius 2 is 1.65 bits per heavy atom. The van der Waals surface area contributed by atoms with Crippen LogP contribution < -0.4 is 0 Å². The van der Waals surface area contributed by atoms with Crippen molar-refractivity contribution in [2.24, 2.45) is 0 Å². The molecular weight excluding hydrogens is 295 g/mol. The van der Waals surface area contributed by atoms with Gasteiger partial charge in [-0.05, 0) is 36.4 Å². The number of benzene rings is 1. The maximum Gasteiger partial charge on any atom is 0.416 e. The first-order valence-electron chi connectivity index (χ1n) is 5.32. The van der Waals surface area contributed by atoms with Gasteiger partial charge in [0, 0.05) is 6.20 Å². The van der Waals surface area contributed by atoms with Crippen LogP contribution in [0.4, 0.5) is 13.2 Å². The molecule has 0 fully saturated rings. The van der Waals surface area contributed by atoms with Gasteiger partial charge in [0.2, 0.25) is 0 Å². The van der Waals surface area contributed by atoms with Crippen molar-refractivity contribution in [1.29, 1.82) is 0 Å². The second kappa shape index (κ2) is 4.78. The molecule has 0 N–H and O–H groups in total. The van der Waals surface area contributed by atoms with Crippen molar-refractivity contribution in [3.05, 3.63) is 53.9 Å². The van der Waals surface area contributed by atoms with Crippen LogP contribution in [-0.4, -0.2) is 18.7 Å². The summed E-state index contributed by atoms with van der Waals surface area (Å²) in [4.78, 5) is 10.4. The minimum atomic E-state index is -4.54. The molecule has 8 heteroatoms. The molecule has 4 nitrogen and oxygen atoms in total. The Kier molecular flexibility index (Phi) is 3.43. The third kappa shape index (κ3) is 2.46. The van der Waals surface area contributed by atoms with Crippen LogP contribution in [-0.2, 0) is 16.2 Å². The molecule has 0 amide bonds. The van der Waals surface area contributed by atoms with Gasteiger partial charge in [-0.15, -0.1) is 0 Å². The minimum absolute atomic E-state index is 0.107. The zero-order chi connectivity index (χ0) is 15.0. The average molecular weight is 303 g/mol. The normalized spacial score (nSPS) is 12.3. The Balaban J connectivity index is 2.48. The Hall–Kier alpha value is -2.09. The topological polar surface area (TPSA) is 56.1 Å². The maximum atomic E-state index is 12.4. The predicted molar refractivity (Wildman–Crippen MR) is 63.8 cm³/mol. The maximum absolute atomic E-state index is 12.4. The van der Waals surface area contributed by atoms with E-state index in [4.69, 9.17) is 0 Å². The average Bonchev–Trinajstić information content (AvgIpc) is 2.87. The Morgan fingerprint density at radius 1 is 1.05 bits per heavy atom. The second-order valence-electron chi connectivity index (χ2n) is 3.87. The summed E-state index contributed by atoms with van der Waals surface area (Å²) < 4.78 is 62.2. The van der Waals surface area contributed by atoms with Gasteiger partial charge < -0.3 is 0 Å². The zero-order valence-electron chi connectivity index (χ0n) is 9.83. The van der Waals surface area contributed by atoms with Crippen LogP contribution in [0.25, 0.3) is 0 Å². The summed E-state index contributed by atoms with van der Waals surface area (Å²) in [5, 5.41) is 0. The number of aldehydes is 1. The molecule has 0 aliphatic rings. The van der Waals surface area contributed by atoms with E-state index in [-0.39, 0.29) is 10.6 Å². The van der Waals surface area contributed by atoms with E-state index in [0.717, 1.165) is 18.3 Å². The number of alkyl halides is 3. The number of nitrogens with zero attached hydrogens (tertiary/aromatic N) is 1. The molecule has 0 spiro atoms. The highest BCUT2D eigenvalue weighted by molar-refractivity contribution is 7.90. The van der Waals surface area contributed by atoms with E-state index in [1.165, 1.54) is 12.1 Å². The molecule has 0 saturated heterocycles. The van der Waals surface area contributed by atoms with E-state index >= 15 is 0 Å². The number of hydrogen-bond donors (Lipinski definition) is 0. The number of rotatable bonds is 3. The van der Waals surface area contributed by atoms with Gasteiger partial charge in [-0.3, -0.25) is 4.79 Å². The first kappa shape index (κ1) is 14.3. The molecule has 0 aliphatic carbocycles. The van der Waals surface area contributed by atoms with Crippen molar-refractivity contribution in [3.63, 3.8) is 0 Å². The zero-order valence-corrected chi connectivity index (χ0v) is 10.6. The van der Waals surface area contributed by atoms with Gasteiger partial charge in [-0.2, -0.15) is 13.2 Å². The third-order valence-electron chi connectivity index (χ3n) is 2.60. The molecule has 106 valence electrons. The van der Waals surface area contributed by atoms with Crippen LogP contribution in [0.1, 0.15) is 16.1 Å². The largest absolute Gasteiger partial charge is 0.416 e. The molecule has 0 atom stereocenters. The van der Waals surface area contributed by atoms with Crippen LogP contribution in [0.3, 0.4) is 0 Å². The van der Waals surface area contributed by atoms with Gasteiger partial charge in [0.1, 0.15) is 0 Å². The first-order chi connectivity index (χ1) is 9.26. The number of carbonyl (C=O) groups is 1. The molecule has 0 aliphatic heterocycles. The first-order valence-corrected chi connectivity index (χ1v) is 6.76. The number of halogens is 3. The van der Waals surface area contributed by atoms with Crippen LogP contribution in [0.15, 0.2) is 47.5 Å². The number of hydrogen-bond acceptors (Lipinski definition) is 3. The van der Waals surface area contributed by atoms with Crippen molar-refractivity contribution in [3.8, 4) is 0 Å². The standard InChI is InChI=1S/C12H8F3NO3S/c13-12(14,15)9-3-5-11(6-4-9)20(18,19)16-7-1-2-10(16)8-17/h1-8H. The third-order valence-corrected chi connectivity index (χ3v) is 4.32. The SMILES string of the molecule is O=Cc1cccn1S(=O)(=O)c1ccc(C(F)(F)F)cc1. The van der Waals surface area contributed by atoms with Gasteiger partial charge in [-0.1, -0.05) is 0 Å². The number of carbonyl (C=O) groups excluding carboxylic acids is 1. The highest BCUT2D eigenvalue weighted by Crippen LogP contribution is 2.30. The smallest absolute Gasteiger partial charge is 0.296 e. The molecule has 1 aromatic heterocycles. The van der Waals surface area contributed by atoms with Crippen molar-refractivity contribution in [1.82, 2.24) is 3.97 Å². The molecule has 20 heavy (non-hydrogen) atoms. The van der Waals surface area contributed by atoms with Crippen molar-refractivity contribution in [2.75, 3.05) is 0 Å². The lowest BCUT2D eigenvalue weighted by molar-refractivity contribution is -0.137. The molecule has 0 unspecified atom stereocenters. The second-order valence-corrected chi connectivity index (χ2v) is 5.69. The molecule has 0 bridgehead atoms. The lowest BCUT2D eigenvalue weighted by Gasteiger charge is -2.10. The lowest BCUT2D eigenvalue weighted by Crippen LogP contribution is -2.15. The lowest BCUT2D eigenvalue weighted by atomic mass is 10.2. The molecule has 0 saturated carbocycles. The Labute approximate surface area is 112 Å². The van der Waals surface area contributed by atoms with Crippen LogP contribution in [0, 0.1) is 0 Å². The highest BCUT2D eigenvalue weighted by Gasteiger charge is 2.30. The summed E-state index contributed by atoms with van der Waals surface area (Å²) in [7, 11) is -4.08. The molecule has 2 rings (SSSR count). The summed E-state index contributed by atoms with van der Waals surface area (Å²) in [6, 6.07) is 5.70. The fraction of sp³-hybridized carbons (Fsp3) is 0.0833. The number of aromatic nitrogens is 1. The summed E-state index contributed by atoms with van der Waals surface area (Å²) in [5.74, 6) is 0. The van der Waals surface area contributed by atoms with Crippen LogP contribution in [0.2, 0.25) is 0 Å². The van der Waals surface area contributed by atoms with E-state index < -0.39 is 21.8 Å². The van der Waals surface area contributed by atoms with Gasteiger partial charge in [0.15, 0.2) is 6.29 Å². The molecule has 1 heterocycles. The fourth-order valence-electron chi connectivity index (χ4n) is 1.62. The quantitative estimate of drug-likeness (QED) is 0.819. The van der Waals surface area contributed by atoms with E-state index in [1.54, 1.807) is 0 Å². The minimum Gasteiger partial charge on any atom is -0.296 e. The van der Waals surface area contributed by atoms with E-state index in [0.29, 0.717) is 22.4 Å². The van der Waals surface area contributed by atoms with Crippen molar-refractivity contribution < 1.29 is 26.4 Å². The molecular formula is C12H8F3NO3S. The van der Waals surface area contributed by atoms with E-state index in [9.17, 15) is 26.4 Å². The Bertz CT molecular complexity index is 730. The van der Waals surface area contributed by atoms with E-state index in [1.807, 2.05) is 0 Å². The summed E-state index contributed by atoms with van der Waals surface area (Å²) in [5.41, 5.74) is -1.05. The van der Waals surface area contributed by atoms with Crippen molar-refractivity contribution in [2.45, 2.75) is 11.1 Å². The monoisotopic (exact) mass is 303 g/mol. The van der Waals surface area contributed by atoms with Crippen LogP contribution >= 0.6 is 0 Å². The molecule has 1 aromatic carbocycles. The Morgan fingerprint density at radius 3 is 2.15 bits per heavy atom. The summed E-state index contributed by atoms with van der Waals surface area (Å²) >= 11 is 0. The summed E-state index contributed by atoms with van der Waals surface area (Å²) in [6.45, 7) is 0. The van der Waals surface area contributed by atoms with Crippen molar-refractivity contribution >= 4 is 16.3 Å². The van der Waals surface area contributed by atoms with Gasteiger partial charge in [-0.25, -0.2) is 12.4 Å². The van der Waals surface area contributed by atoms with Gasteiger partial charge >= 0.3 is 6.18 Å². The fourth-order valence-corrected chi connectivity index (χ4v) is 2.94.